The highest BCUT2D eigenvalue weighted by Crippen LogP contribution is 2.22. The van der Waals surface area contributed by atoms with Gasteiger partial charge in [-0.1, -0.05) is 13.0 Å². The lowest BCUT2D eigenvalue weighted by Gasteiger charge is -2.38. The summed E-state index contributed by atoms with van der Waals surface area (Å²) in [6.45, 7) is 3.96. The van der Waals surface area contributed by atoms with Gasteiger partial charge in [0.2, 0.25) is 5.91 Å². The number of ether oxygens (including phenoxy) is 1. The SMILES string of the molecule is CC1CCCN(CC(=O)NCCOc2cccc(F)c2)C1CO. The maximum absolute atomic E-state index is 13.0. The van der Waals surface area contributed by atoms with Crippen molar-refractivity contribution in [3.05, 3.63) is 30.1 Å². The van der Waals surface area contributed by atoms with Gasteiger partial charge in [-0.25, -0.2) is 4.39 Å². The molecule has 1 aromatic rings. The molecule has 0 saturated carbocycles. The molecule has 1 saturated heterocycles. The molecule has 1 heterocycles. The van der Waals surface area contributed by atoms with Crippen LogP contribution < -0.4 is 10.1 Å². The van der Waals surface area contributed by atoms with Crippen molar-refractivity contribution in [3.63, 3.8) is 0 Å². The molecule has 23 heavy (non-hydrogen) atoms. The third-order valence-corrected chi connectivity index (χ3v) is 4.25. The highest BCUT2D eigenvalue weighted by atomic mass is 19.1. The van der Waals surface area contributed by atoms with E-state index in [1.165, 1.54) is 12.1 Å². The first kappa shape index (κ1) is 17.7. The van der Waals surface area contributed by atoms with Gasteiger partial charge in [-0.15, -0.1) is 0 Å². The first-order valence-corrected chi connectivity index (χ1v) is 8.10. The molecule has 1 amide bonds. The van der Waals surface area contributed by atoms with Gasteiger partial charge in [0, 0.05) is 12.1 Å². The van der Waals surface area contributed by atoms with Crippen molar-refractivity contribution in [3.8, 4) is 5.75 Å². The number of carbonyl (C=O) groups excluding carboxylic acids is 1. The summed E-state index contributed by atoms with van der Waals surface area (Å²) >= 11 is 0. The molecule has 0 aliphatic carbocycles. The van der Waals surface area contributed by atoms with E-state index < -0.39 is 0 Å². The van der Waals surface area contributed by atoms with Crippen LogP contribution in [0.3, 0.4) is 0 Å². The van der Waals surface area contributed by atoms with Gasteiger partial charge in [0.15, 0.2) is 0 Å². The number of benzene rings is 1. The Morgan fingerprint density at radius 3 is 3.09 bits per heavy atom. The summed E-state index contributed by atoms with van der Waals surface area (Å²) in [4.78, 5) is 14.0. The number of likely N-dealkylation sites (tertiary alicyclic amines) is 1. The number of nitrogens with zero attached hydrogens (tertiary/aromatic N) is 1. The highest BCUT2D eigenvalue weighted by Gasteiger charge is 2.28. The van der Waals surface area contributed by atoms with Gasteiger partial charge < -0.3 is 15.2 Å². The van der Waals surface area contributed by atoms with Crippen molar-refractivity contribution < 1.29 is 19.0 Å². The van der Waals surface area contributed by atoms with E-state index >= 15 is 0 Å². The second-order valence-corrected chi connectivity index (χ2v) is 6.00. The van der Waals surface area contributed by atoms with Crippen molar-refractivity contribution in [1.29, 1.82) is 0 Å². The summed E-state index contributed by atoms with van der Waals surface area (Å²) in [6.07, 6.45) is 2.14. The predicted octanol–water partition coefficient (Wildman–Crippen LogP) is 1.41. The monoisotopic (exact) mass is 324 g/mol. The third kappa shape index (κ3) is 5.48. The lowest BCUT2D eigenvalue weighted by atomic mass is 9.91. The fourth-order valence-corrected chi connectivity index (χ4v) is 2.98. The van der Waals surface area contributed by atoms with Crippen LogP contribution in [0, 0.1) is 11.7 Å². The molecule has 5 nitrogen and oxygen atoms in total. The van der Waals surface area contributed by atoms with Crippen molar-refractivity contribution in [2.24, 2.45) is 5.92 Å². The van der Waals surface area contributed by atoms with E-state index in [2.05, 4.69) is 12.2 Å². The topological polar surface area (TPSA) is 61.8 Å². The summed E-state index contributed by atoms with van der Waals surface area (Å²) in [5.74, 6) is 0.420. The largest absolute Gasteiger partial charge is 0.492 e. The minimum atomic E-state index is -0.346. The first-order chi connectivity index (χ1) is 11.1. The highest BCUT2D eigenvalue weighted by molar-refractivity contribution is 5.78. The minimum Gasteiger partial charge on any atom is -0.492 e. The Bertz CT molecular complexity index is 512. The molecule has 0 bridgehead atoms. The molecule has 2 atom stereocenters. The van der Waals surface area contributed by atoms with E-state index in [1.54, 1.807) is 12.1 Å². The molecule has 0 aromatic heterocycles. The zero-order valence-corrected chi connectivity index (χ0v) is 13.5. The number of aliphatic hydroxyl groups excluding tert-OH is 1. The molecule has 1 aromatic carbocycles. The number of halogens is 1. The number of aliphatic hydroxyl groups is 1. The van der Waals surface area contributed by atoms with Crippen molar-refractivity contribution in [1.82, 2.24) is 10.2 Å². The van der Waals surface area contributed by atoms with E-state index in [-0.39, 0.29) is 37.5 Å². The Labute approximate surface area is 136 Å². The van der Waals surface area contributed by atoms with Gasteiger partial charge in [-0.05, 0) is 37.4 Å². The van der Waals surface area contributed by atoms with Crippen LogP contribution in [-0.4, -0.2) is 54.8 Å². The van der Waals surface area contributed by atoms with Crippen LogP contribution in [0.4, 0.5) is 4.39 Å². The normalized spacial score (nSPS) is 21.9. The Hall–Kier alpha value is -1.66. The second kappa shape index (κ2) is 8.84. The Kier molecular flexibility index (Phi) is 6.80. The van der Waals surface area contributed by atoms with Crippen LogP contribution in [0.5, 0.6) is 5.75 Å². The number of hydrogen-bond donors (Lipinski definition) is 2. The lowest BCUT2D eigenvalue weighted by molar-refractivity contribution is -0.124. The quantitative estimate of drug-likeness (QED) is 0.745. The standard InChI is InChI=1S/C17H25FN2O3/c1-13-4-3-8-20(16(13)12-21)11-17(22)19-7-9-23-15-6-2-5-14(18)10-15/h2,5-6,10,13,16,21H,3-4,7-9,11-12H2,1H3,(H,19,22). The number of amides is 1. The maximum atomic E-state index is 13.0. The van der Waals surface area contributed by atoms with Gasteiger partial charge in [0.05, 0.1) is 19.7 Å². The van der Waals surface area contributed by atoms with Crippen LogP contribution in [-0.2, 0) is 4.79 Å². The summed E-state index contributed by atoms with van der Waals surface area (Å²) in [6, 6.07) is 5.97. The van der Waals surface area contributed by atoms with E-state index in [0.29, 0.717) is 18.2 Å². The molecule has 2 rings (SSSR count). The van der Waals surface area contributed by atoms with Crippen LogP contribution in [0.2, 0.25) is 0 Å². The zero-order chi connectivity index (χ0) is 16.7. The number of rotatable bonds is 7. The van der Waals surface area contributed by atoms with Crippen LogP contribution in [0.1, 0.15) is 19.8 Å². The fraction of sp³-hybridized carbons (Fsp3) is 0.588. The molecule has 6 heteroatoms. The molecular weight excluding hydrogens is 299 g/mol. The lowest BCUT2D eigenvalue weighted by Crippen LogP contribution is -2.50. The third-order valence-electron chi connectivity index (χ3n) is 4.25. The van der Waals surface area contributed by atoms with Gasteiger partial charge in [0.1, 0.15) is 18.2 Å². The van der Waals surface area contributed by atoms with Gasteiger partial charge in [-0.2, -0.15) is 0 Å². The van der Waals surface area contributed by atoms with Crippen molar-refractivity contribution in [2.45, 2.75) is 25.8 Å². The number of carbonyl (C=O) groups is 1. The average molecular weight is 324 g/mol. The molecule has 0 radical (unpaired) electrons. The van der Waals surface area contributed by atoms with E-state index in [9.17, 15) is 14.3 Å². The minimum absolute atomic E-state index is 0.0537. The molecule has 2 unspecified atom stereocenters. The van der Waals surface area contributed by atoms with Crippen LogP contribution in [0.15, 0.2) is 24.3 Å². The fourth-order valence-electron chi connectivity index (χ4n) is 2.98. The van der Waals surface area contributed by atoms with E-state index in [1.807, 2.05) is 4.90 Å². The number of piperidine rings is 1. The molecule has 1 aliphatic rings. The number of hydrogen-bond acceptors (Lipinski definition) is 4. The van der Waals surface area contributed by atoms with Crippen LogP contribution >= 0.6 is 0 Å². The molecule has 128 valence electrons. The predicted molar refractivity (Wildman–Crippen MR) is 85.7 cm³/mol. The van der Waals surface area contributed by atoms with Crippen LogP contribution in [0.25, 0.3) is 0 Å². The molecular formula is C17H25FN2O3. The molecule has 2 N–H and O–H groups in total. The Morgan fingerprint density at radius 2 is 2.35 bits per heavy atom. The summed E-state index contributed by atoms with van der Waals surface area (Å²) in [5.41, 5.74) is 0. The van der Waals surface area contributed by atoms with Gasteiger partial charge in [-0.3, -0.25) is 9.69 Å². The Balaban J connectivity index is 1.68. The van der Waals surface area contributed by atoms with Crippen molar-refractivity contribution in [2.75, 3.05) is 32.8 Å². The molecule has 1 fully saturated rings. The zero-order valence-electron chi connectivity index (χ0n) is 13.5. The molecule has 0 spiro atoms. The van der Waals surface area contributed by atoms with E-state index in [0.717, 1.165) is 19.4 Å². The average Bonchev–Trinajstić information content (AvgIpc) is 2.52. The first-order valence-electron chi connectivity index (χ1n) is 8.10. The summed E-state index contributed by atoms with van der Waals surface area (Å²) in [7, 11) is 0. The number of nitrogens with one attached hydrogen (secondary N) is 1. The van der Waals surface area contributed by atoms with Crippen molar-refractivity contribution >= 4 is 5.91 Å². The van der Waals surface area contributed by atoms with Gasteiger partial charge in [0.25, 0.3) is 0 Å². The maximum Gasteiger partial charge on any atom is 0.234 e. The van der Waals surface area contributed by atoms with Gasteiger partial charge >= 0.3 is 0 Å². The summed E-state index contributed by atoms with van der Waals surface area (Å²) < 4.78 is 18.4. The summed E-state index contributed by atoms with van der Waals surface area (Å²) in [5, 5.41) is 12.3. The molecule has 1 aliphatic heterocycles. The smallest absolute Gasteiger partial charge is 0.234 e. The second-order valence-electron chi connectivity index (χ2n) is 6.00. The Morgan fingerprint density at radius 1 is 1.52 bits per heavy atom. The van der Waals surface area contributed by atoms with E-state index in [4.69, 9.17) is 4.74 Å².